The number of aromatic nitrogens is 3. The van der Waals surface area contributed by atoms with Crippen molar-refractivity contribution in [3.05, 3.63) is 95.7 Å². The first-order chi connectivity index (χ1) is 16.6. The molecule has 0 radical (unpaired) electrons. The highest BCUT2D eigenvalue weighted by molar-refractivity contribution is 6.07. The molecule has 35 heavy (non-hydrogen) atoms. The van der Waals surface area contributed by atoms with Gasteiger partial charge < -0.3 is 15.2 Å². The zero-order valence-corrected chi connectivity index (χ0v) is 18.3. The summed E-state index contributed by atoms with van der Waals surface area (Å²) in [5.74, 6) is -1.80. The van der Waals surface area contributed by atoms with Crippen LogP contribution in [0.3, 0.4) is 0 Å². The van der Waals surface area contributed by atoms with E-state index < -0.39 is 30.4 Å². The Hall–Kier alpha value is -4.41. The molecule has 2 N–H and O–H groups in total. The average Bonchev–Trinajstić information content (AvgIpc) is 3.48. The van der Waals surface area contributed by atoms with E-state index in [0.29, 0.717) is 5.56 Å². The summed E-state index contributed by atoms with van der Waals surface area (Å²) in [6.07, 6.45) is 0.0704. The first-order valence-electron chi connectivity index (χ1n) is 10.4. The molecule has 0 fully saturated rings. The Labute approximate surface area is 197 Å². The maximum atomic E-state index is 14.5. The maximum absolute atomic E-state index is 14.5. The third-order valence-electron chi connectivity index (χ3n) is 5.12. The lowest BCUT2D eigenvalue weighted by atomic mass is 10.1. The fraction of sp³-hybridized carbons (Fsp3) is 0.125. The van der Waals surface area contributed by atoms with E-state index in [9.17, 15) is 27.2 Å². The smallest absolute Gasteiger partial charge is 0.343 e. The van der Waals surface area contributed by atoms with E-state index in [4.69, 9.17) is 0 Å². The lowest BCUT2D eigenvalue weighted by Gasteiger charge is -2.13. The van der Waals surface area contributed by atoms with Gasteiger partial charge in [0.25, 0.3) is 11.8 Å². The predicted molar refractivity (Wildman–Crippen MR) is 120 cm³/mol. The fourth-order valence-corrected chi connectivity index (χ4v) is 3.40. The topological polar surface area (TPSA) is 81.0 Å². The number of aryl methyl sites for hydroxylation is 1. The molecule has 0 aliphatic heterocycles. The SMILES string of the molecule is Cc1ccc(C(=O)NCC(F)(F)F)cc1NC(=O)c1cnn(-c2ccccc2F)c1-n1cccc1. The number of hydrogen-bond acceptors (Lipinski definition) is 3. The zero-order valence-electron chi connectivity index (χ0n) is 18.3. The van der Waals surface area contributed by atoms with Crippen molar-refractivity contribution < 1.29 is 27.2 Å². The summed E-state index contributed by atoms with van der Waals surface area (Å²) in [6, 6.07) is 13.6. The first kappa shape index (κ1) is 23.7. The van der Waals surface area contributed by atoms with E-state index in [1.54, 1.807) is 47.4 Å². The summed E-state index contributed by atoms with van der Waals surface area (Å²) in [6.45, 7) is 0.194. The van der Waals surface area contributed by atoms with Crippen LogP contribution in [-0.4, -0.2) is 38.9 Å². The first-order valence-corrected chi connectivity index (χ1v) is 10.4. The molecule has 0 bridgehead atoms. The Morgan fingerprint density at radius 3 is 2.40 bits per heavy atom. The van der Waals surface area contributed by atoms with Gasteiger partial charge in [0.2, 0.25) is 0 Å². The van der Waals surface area contributed by atoms with E-state index in [2.05, 4.69) is 10.4 Å². The van der Waals surface area contributed by atoms with Crippen LogP contribution in [0.4, 0.5) is 23.2 Å². The molecule has 0 unspecified atom stereocenters. The predicted octanol–water partition coefficient (Wildman–Crippen LogP) is 4.65. The van der Waals surface area contributed by atoms with Crippen LogP contribution in [-0.2, 0) is 0 Å². The second-order valence-corrected chi connectivity index (χ2v) is 7.62. The number of anilines is 1. The lowest BCUT2D eigenvalue weighted by molar-refractivity contribution is -0.123. The van der Waals surface area contributed by atoms with Crippen LogP contribution in [0.2, 0.25) is 0 Å². The molecule has 11 heteroatoms. The Morgan fingerprint density at radius 2 is 1.71 bits per heavy atom. The minimum Gasteiger partial charge on any atom is -0.343 e. The molecular weight excluding hydrogens is 466 g/mol. The van der Waals surface area contributed by atoms with E-state index in [0.717, 1.165) is 0 Å². The summed E-state index contributed by atoms with van der Waals surface area (Å²) < 4.78 is 54.7. The van der Waals surface area contributed by atoms with Gasteiger partial charge in [-0.2, -0.15) is 18.3 Å². The number of benzene rings is 2. The van der Waals surface area contributed by atoms with Crippen LogP contribution in [0, 0.1) is 12.7 Å². The second kappa shape index (κ2) is 9.45. The number of hydrogen-bond donors (Lipinski definition) is 2. The summed E-state index contributed by atoms with van der Waals surface area (Å²) in [7, 11) is 0. The molecule has 2 heterocycles. The molecule has 2 aromatic carbocycles. The van der Waals surface area contributed by atoms with Crippen LogP contribution in [0.15, 0.2) is 73.2 Å². The largest absolute Gasteiger partial charge is 0.405 e. The maximum Gasteiger partial charge on any atom is 0.405 e. The van der Waals surface area contributed by atoms with Gasteiger partial charge in [-0.1, -0.05) is 18.2 Å². The quantitative estimate of drug-likeness (QED) is 0.390. The minimum absolute atomic E-state index is 0.0529. The molecule has 0 atom stereocenters. The molecule has 4 aromatic rings. The molecule has 0 spiro atoms. The molecule has 7 nitrogen and oxygen atoms in total. The average molecular weight is 485 g/mol. The molecule has 0 aliphatic rings. The summed E-state index contributed by atoms with van der Waals surface area (Å²) in [5, 5.41) is 8.68. The van der Waals surface area contributed by atoms with E-state index >= 15 is 0 Å². The Bertz CT molecular complexity index is 1380. The normalized spacial score (nSPS) is 11.3. The van der Waals surface area contributed by atoms with Crippen molar-refractivity contribution in [3.63, 3.8) is 0 Å². The van der Waals surface area contributed by atoms with Gasteiger partial charge in [0, 0.05) is 23.6 Å². The highest BCUT2D eigenvalue weighted by Crippen LogP contribution is 2.24. The standard InChI is InChI=1S/C24H19F4N5O2/c1-15-8-9-16(21(34)29-14-24(26,27)28)12-19(15)31-22(35)17-13-30-33(20-7-3-2-6-18(20)25)23(17)32-10-4-5-11-32/h2-13H,14H2,1H3,(H,29,34)(H,31,35). The highest BCUT2D eigenvalue weighted by atomic mass is 19.4. The monoisotopic (exact) mass is 485 g/mol. The van der Waals surface area contributed by atoms with Crippen LogP contribution in [0.25, 0.3) is 11.5 Å². The van der Waals surface area contributed by atoms with Gasteiger partial charge in [-0.05, 0) is 48.9 Å². The fourth-order valence-electron chi connectivity index (χ4n) is 3.40. The van der Waals surface area contributed by atoms with Crippen molar-refractivity contribution in [3.8, 4) is 11.5 Å². The third kappa shape index (κ3) is 5.24. The number of rotatable bonds is 6. The van der Waals surface area contributed by atoms with Gasteiger partial charge in [-0.15, -0.1) is 0 Å². The zero-order chi connectivity index (χ0) is 25.2. The molecule has 0 saturated carbocycles. The molecule has 2 aromatic heterocycles. The molecule has 0 aliphatic carbocycles. The van der Waals surface area contributed by atoms with Crippen molar-refractivity contribution >= 4 is 17.5 Å². The van der Waals surface area contributed by atoms with E-state index in [1.165, 1.54) is 47.3 Å². The van der Waals surface area contributed by atoms with Gasteiger partial charge in [0.1, 0.15) is 23.6 Å². The number of alkyl halides is 3. The third-order valence-corrected chi connectivity index (χ3v) is 5.12. The molecule has 4 rings (SSSR count). The number of nitrogens with one attached hydrogen (secondary N) is 2. The molecular formula is C24H19F4N5O2. The van der Waals surface area contributed by atoms with E-state index in [-0.39, 0.29) is 28.3 Å². The van der Waals surface area contributed by atoms with Gasteiger partial charge in [0.05, 0.1) is 6.20 Å². The van der Waals surface area contributed by atoms with Crippen LogP contribution in [0.5, 0.6) is 0 Å². The van der Waals surface area contributed by atoms with Crippen molar-refractivity contribution in [1.82, 2.24) is 19.7 Å². The van der Waals surface area contributed by atoms with Gasteiger partial charge in [-0.25, -0.2) is 9.07 Å². The van der Waals surface area contributed by atoms with Crippen molar-refractivity contribution in [2.24, 2.45) is 0 Å². The van der Waals surface area contributed by atoms with Gasteiger partial charge >= 0.3 is 6.18 Å². The van der Waals surface area contributed by atoms with Crippen LogP contribution >= 0.6 is 0 Å². The number of halogens is 4. The number of para-hydroxylation sites is 1. The number of nitrogens with zero attached hydrogens (tertiary/aromatic N) is 3. The van der Waals surface area contributed by atoms with Crippen LogP contribution < -0.4 is 10.6 Å². The van der Waals surface area contributed by atoms with Crippen LogP contribution in [0.1, 0.15) is 26.3 Å². The minimum atomic E-state index is -4.55. The van der Waals surface area contributed by atoms with E-state index in [1.807, 2.05) is 0 Å². The Balaban J connectivity index is 1.66. The highest BCUT2D eigenvalue weighted by Gasteiger charge is 2.28. The number of carbonyl (C=O) groups is 2. The summed E-state index contributed by atoms with van der Waals surface area (Å²) in [5.41, 5.74) is 0.995. The Morgan fingerprint density at radius 1 is 1.00 bits per heavy atom. The van der Waals surface area contributed by atoms with Crippen molar-refractivity contribution in [2.45, 2.75) is 13.1 Å². The molecule has 180 valence electrons. The summed E-state index contributed by atoms with van der Waals surface area (Å²) in [4.78, 5) is 25.4. The van der Waals surface area contributed by atoms with Gasteiger partial charge in [0.15, 0.2) is 5.82 Å². The Kier molecular flexibility index (Phi) is 6.41. The van der Waals surface area contributed by atoms with Crippen molar-refractivity contribution in [2.75, 3.05) is 11.9 Å². The molecule has 0 saturated heterocycles. The number of carbonyl (C=O) groups excluding carboxylic acids is 2. The molecule has 2 amide bonds. The number of amides is 2. The lowest BCUT2D eigenvalue weighted by Crippen LogP contribution is -2.33. The van der Waals surface area contributed by atoms with Gasteiger partial charge in [-0.3, -0.25) is 9.59 Å². The second-order valence-electron chi connectivity index (χ2n) is 7.62. The van der Waals surface area contributed by atoms with Crippen molar-refractivity contribution in [1.29, 1.82) is 0 Å². The summed E-state index contributed by atoms with van der Waals surface area (Å²) >= 11 is 0.